The molecule has 29 heavy (non-hydrogen) atoms. The van der Waals surface area contributed by atoms with Gasteiger partial charge >= 0.3 is 5.97 Å². The lowest BCUT2D eigenvalue weighted by Crippen LogP contribution is -2.19. The topological polar surface area (TPSA) is 73.7 Å². The summed E-state index contributed by atoms with van der Waals surface area (Å²) in [7, 11) is 0. The highest BCUT2D eigenvalue weighted by molar-refractivity contribution is 5.97. The molecule has 0 saturated heterocycles. The smallest absolute Gasteiger partial charge is 0.337 e. The Labute approximate surface area is 168 Å². The molecule has 0 spiro atoms. The Balaban J connectivity index is 1.90. The molecule has 144 valence electrons. The summed E-state index contributed by atoms with van der Waals surface area (Å²) in [5.41, 5.74) is 3.80. The van der Waals surface area contributed by atoms with E-state index in [4.69, 9.17) is 0 Å². The maximum absolute atomic E-state index is 11.9. The van der Waals surface area contributed by atoms with E-state index in [9.17, 15) is 15.0 Å². The fourth-order valence-electron chi connectivity index (χ4n) is 3.40. The lowest BCUT2D eigenvalue weighted by Gasteiger charge is -2.27. The molecule has 0 fully saturated rings. The number of hydrogen-bond donors (Lipinski definition) is 2. The van der Waals surface area contributed by atoms with E-state index in [0.29, 0.717) is 23.4 Å². The number of benzene rings is 3. The van der Waals surface area contributed by atoms with Crippen molar-refractivity contribution >= 4 is 28.2 Å². The molecule has 1 aromatic heterocycles. The lowest BCUT2D eigenvalue weighted by atomic mass is 10.1. The number of aromatic nitrogens is 1. The molecule has 0 aliphatic heterocycles. The van der Waals surface area contributed by atoms with Crippen LogP contribution >= 0.6 is 0 Å². The van der Waals surface area contributed by atoms with Crippen molar-refractivity contribution in [1.82, 2.24) is 4.98 Å². The second kappa shape index (κ2) is 7.64. The van der Waals surface area contributed by atoms with Crippen LogP contribution in [0.4, 0.5) is 11.4 Å². The van der Waals surface area contributed by atoms with Crippen LogP contribution < -0.4 is 4.90 Å². The van der Waals surface area contributed by atoms with E-state index in [-0.39, 0.29) is 11.3 Å². The summed E-state index contributed by atoms with van der Waals surface area (Å²) in [5.74, 6) is -0.997. The Morgan fingerprint density at radius 1 is 0.931 bits per heavy atom. The van der Waals surface area contributed by atoms with E-state index in [2.05, 4.69) is 4.98 Å². The van der Waals surface area contributed by atoms with Gasteiger partial charge in [0.25, 0.3) is 0 Å². The van der Waals surface area contributed by atoms with Crippen LogP contribution in [-0.2, 0) is 6.54 Å². The number of phenols is 1. The normalized spacial score (nSPS) is 10.8. The minimum absolute atomic E-state index is 0.0235. The van der Waals surface area contributed by atoms with Crippen LogP contribution in [0.15, 0.2) is 79.0 Å². The largest absolute Gasteiger partial charge is 0.504 e. The minimum atomic E-state index is -1.02. The maximum atomic E-state index is 11.9. The van der Waals surface area contributed by atoms with Crippen molar-refractivity contribution in [3.8, 4) is 5.75 Å². The van der Waals surface area contributed by atoms with Crippen LogP contribution in [0.2, 0.25) is 0 Å². The number of aromatic hydroxyl groups is 1. The highest BCUT2D eigenvalue weighted by atomic mass is 16.4. The number of fused-ring (bicyclic) bond motifs is 1. The first-order valence-electron chi connectivity index (χ1n) is 9.26. The zero-order valence-corrected chi connectivity index (χ0v) is 15.9. The summed E-state index contributed by atoms with van der Waals surface area (Å²) in [5, 5.41) is 21.5. The minimum Gasteiger partial charge on any atom is -0.504 e. The van der Waals surface area contributed by atoms with Crippen molar-refractivity contribution in [2.24, 2.45) is 0 Å². The Morgan fingerprint density at radius 2 is 1.69 bits per heavy atom. The number of nitrogens with zero attached hydrogens (tertiary/aromatic N) is 2. The molecule has 0 aliphatic rings. The van der Waals surface area contributed by atoms with Crippen molar-refractivity contribution in [1.29, 1.82) is 0 Å². The molecule has 3 aromatic carbocycles. The van der Waals surface area contributed by atoms with Crippen LogP contribution in [0.1, 0.15) is 21.5 Å². The number of aryl methyl sites for hydroxylation is 1. The van der Waals surface area contributed by atoms with Crippen LogP contribution in [0.25, 0.3) is 10.9 Å². The SMILES string of the molecule is Cc1ccc(CN(c2ccccc2C(=O)O)c2ccc3cccnc3c2O)cc1. The molecule has 0 atom stereocenters. The zero-order chi connectivity index (χ0) is 20.4. The van der Waals surface area contributed by atoms with Crippen molar-refractivity contribution in [3.63, 3.8) is 0 Å². The molecule has 0 unspecified atom stereocenters. The summed E-state index contributed by atoms with van der Waals surface area (Å²) < 4.78 is 0. The number of carboxylic acid groups (broad SMARTS) is 1. The van der Waals surface area contributed by atoms with Crippen molar-refractivity contribution in [2.45, 2.75) is 13.5 Å². The molecular weight excluding hydrogens is 364 g/mol. The first-order valence-corrected chi connectivity index (χ1v) is 9.26. The summed E-state index contributed by atoms with van der Waals surface area (Å²) in [6.45, 7) is 2.42. The third-order valence-corrected chi connectivity index (χ3v) is 4.90. The number of hydrogen-bond acceptors (Lipinski definition) is 4. The van der Waals surface area contributed by atoms with E-state index in [1.54, 1.807) is 36.5 Å². The second-order valence-corrected chi connectivity index (χ2v) is 6.90. The van der Waals surface area contributed by atoms with E-state index >= 15 is 0 Å². The quantitative estimate of drug-likeness (QED) is 0.489. The standard InChI is InChI=1S/C24H20N2O3/c1-16-8-10-17(11-9-16)15-26(20-7-3-2-6-19(20)24(28)29)21-13-12-18-5-4-14-25-22(18)23(21)27/h2-14,27H,15H2,1H3,(H,28,29). The van der Waals surface area contributed by atoms with E-state index in [0.717, 1.165) is 16.5 Å². The zero-order valence-electron chi connectivity index (χ0n) is 15.9. The average molecular weight is 384 g/mol. The number of phenolic OH excluding ortho intramolecular Hbond substituents is 1. The summed E-state index contributed by atoms with van der Waals surface area (Å²) >= 11 is 0. The average Bonchev–Trinajstić information content (AvgIpc) is 2.74. The number of anilines is 2. The van der Waals surface area contributed by atoms with Gasteiger partial charge in [0.1, 0.15) is 5.52 Å². The predicted molar refractivity (Wildman–Crippen MR) is 114 cm³/mol. The van der Waals surface area contributed by atoms with Gasteiger partial charge in [-0.25, -0.2) is 4.79 Å². The fraction of sp³-hybridized carbons (Fsp3) is 0.0833. The Hall–Kier alpha value is -3.86. The van der Waals surface area contributed by atoms with Gasteiger partial charge in [-0.1, -0.05) is 54.1 Å². The van der Waals surface area contributed by atoms with Gasteiger partial charge in [-0.05, 0) is 36.8 Å². The van der Waals surface area contributed by atoms with Gasteiger partial charge in [0.2, 0.25) is 0 Å². The van der Waals surface area contributed by atoms with Crippen LogP contribution in [0.3, 0.4) is 0 Å². The Bertz CT molecular complexity index is 1190. The van der Waals surface area contributed by atoms with Crippen LogP contribution in [-0.4, -0.2) is 21.2 Å². The fourth-order valence-corrected chi connectivity index (χ4v) is 3.40. The summed E-state index contributed by atoms with van der Waals surface area (Å²) in [4.78, 5) is 18.0. The van der Waals surface area contributed by atoms with Crippen LogP contribution in [0.5, 0.6) is 5.75 Å². The van der Waals surface area contributed by atoms with Gasteiger partial charge in [0, 0.05) is 18.1 Å². The first kappa shape index (κ1) is 18.5. The molecule has 4 rings (SSSR count). The van der Waals surface area contributed by atoms with Gasteiger partial charge in [-0.15, -0.1) is 0 Å². The number of carboxylic acids is 1. The maximum Gasteiger partial charge on any atom is 0.337 e. The monoisotopic (exact) mass is 384 g/mol. The number of para-hydroxylation sites is 1. The van der Waals surface area contributed by atoms with Crippen LogP contribution in [0, 0.1) is 6.92 Å². The molecular formula is C24H20N2O3. The molecule has 0 amide bonds. The van der Waals surface area contributed by atoms with Gasteiger partial charge < -0.3 is 15.1 Å². The molecule has 1 heterocycles. The van der Waals surface area contributed by atoms with Gasteiger partial charge in [0.15, 0.2) is 5.75 Å². The summed E-state index contributed by atoms with van der Waals surface area (Å²) in [6, 6.07) is 22.2. The number of rotatable bonds is 5. The van der Waals surface area contributed by atoms with Crippen molar-refractivity contribution in [3.05, 3.63) is 95.7 Å². The molecule has 5 heteroatoms. The Kier molecular flexibility index (Phi) is 4.87. The van der Waals surface area contributed by atoms with Gasteiger partial charge in [-0.2, -0.15) is 0 Å². The number of pyridine rings is 1. The first-order chi connectivity index (χ1) is 14.0. The molecule has 5 nitrogen and oxygen atoms in total. The molecule has 0 aliphatic carbocycles. The second-order valence-electron chi connectivity index (χ2n) is 6.90. The molecule has 0 radical (unpaired) electrons. The molecule has 0 saturated carbocycles. The lowest BCUT2D eigenvalue weighted by molar-refractivity contribution is 0.0697. The van der Waals surface area contributed by atoms with Crippen molar-refractivity contribution in [2.75, 3.05) is 4.90 Å². The predicted octanol–water partition coefficient (Wildman–Crippen LogP) is 5.29. The highest BCUT2D eigenvalue weighted by Crippen LogP contribution is 2.39. The van der Waals surface area contributed by atoms with E-state index < -0.39 is 5.97 Å². The van der Waals surface area contributed by atoms with Crippen molar-refractivity contribution < 1.29 is 15.0 Å². The van der Waals surface area contributed by atoms with Gasteiger partial charge in [0.05, 0.1) is 16.9 Å². The van der Waals surface area contributed by atoms with E-state index in [1.165, 1.54) is 0 Å². The van der Waals surface area contributed by atoms with Gasteiger partial charge in [-0.3, -0.25) is 4.98 Å². The third kappa shape index (κ3) is 3.62. The Morgan fingerprint density at radius 3 is 2.45 bits per heavy atom. The number of aromatic carboxylic acids is 1. The highest BCUT2D eigenvalue weighted by Gasteiger charge is 2.21. The number of carbonyl (C=O) groups is 1. The van der Waals surface area contributed by atoms with E-state index in [1.807, 2.05) is 54.3 Å². The molecule has 4 aromatic rings. The third-order valence-electron chi connectivity index (χ3n) is 4.90. The molecule has 0 bridgehead atoms. The summed E-state index contributed by atoms with van der Waals surface area (Å²) in [6.07, 6.45) is 1.63. The molecule has 2 N–H and O–H groups in total.